The van der Waals surface area contributed by atoms with Crippen LogP contribution in [0.15, 0.2) is 41.0 Å². The van der Waals surface area contributed by atoms with Crippen molar-refractivity contribution in [1.82, 2.24) is 20.1 Å². The predicted molar refractivity (Wildman–Crippen MR) is 99.2 cm³/mol. The zero-order valence-electron chi connectivity index (χ0n) is 14.3. The highest BCUT2D eigenvalue weighted by molar-refractivity contribution is 7.80. The highest BCUT2D eigenvalue weighted by Crippen LogP contribution is 2.09. The van der Waals surface area contributed by atoms with Gasteiger partial charge in [0.05, 0.1) is 12.0 Å². The predicted octanol–water partition coefficient (Wildman–Crippen LogP) is 2.21. The van der Waals surface area contributed by atoms with Gasteiger partial charge in [0.1, 0.15) is 0 Å². The first kappa shape index (κ1) is 17.6. The number of hydrogen-bond acceptors (Lipinski definition) is 5. The maximum absolute atomic E-state index is 12.0. The number of thiocarbonyl (C=S) groups is 1. The Morgan fingerprint density at radius 3 is 2.88 bits per heavy atom. The number of aryl methyl sites for hydroxylation is 1. The van der Waals surface area contributed by atoms with Crippen LogP contribution in [0.5, 0.6) is 0 Å². The first-order chi connectivity index (χ1) is 12.1. The van der Waals surface area contributed by atoms with Gasteiger partial charge in [0, 0.05) is 38.4 Å². The largest absolute Gasteiger partial charge is 0.459 e. The van der Waals surface area contributed by atoms with E-state index in [-0.39, 0.29) is 11.7 Å². The van der Waals surface area contributed by atoms with E-state index >= 15 is 0 Å². The van der Waals surface area contributed by atoms with E-state index in [0.717, 1.165) is 50.5 Å². The lowest BCUT2D eigenvalue weighted by Gasteiger charge is -2.23. The van der Waals surface area contributed by atoms with Crippen LogP contribution in [0, 0.1) is 6.92 Å². The number of pyridine rings is 1. The number of carbonyl (C=O) groups is 1. The van der Waals surface area contributed by atoms with Crippen LogP contribution in [0.1, 0.15) is 28.4 Å². The number of nitrogens with zero attached hydrogens (tertiary/aromatic N) is 3. The van der Waals surface area contributed by atoms with Crippen LogP contribution in [0.4, 0.5) is 0 Å². The van der Waals surface area contributed by atoms with Gasteiger partial charge in [-0.05, 0) is 49.8 Å². The van der Waals surface area contributed by atoms with Crippen LogP contribution < -0.4 is 5.32 Å². The summed E-state index contributed by atoms with van der Waals surface area (Å²) in [6.45, 7) is 6.32. The molecule has 132 valence electrons. The van der Waals surface area contributed by atoms with Gasteiger partial charge in [-0.3, -0.25) is 20.0 Å². The molecule has 3 rings (SSSR count). The number of aromatic nitrogens is 1. The molecular weight excluding hydrogens is 336 g/mol. The van der Waals surface area contributed by atoms with Crippen LogP contribution in [0.25, 0.3) is 0 Å². The Labute approximate surface area is 152 Å². The number of amides is 1. The van der Waals surface area contributed by atoms with Crippen molar-refractivity contribution >= 4 is 23.2 Å². The smallest absolute Gasteiger partial charge is 0.293 e. The molecule has 1 aliphatic rings. The van der Waals surface area contributed by atoms with Crippen LogP contribution >= 0.6 is 12.2 Å². The second-order valence-electron chi connectivity index (χ2n) is 6.12. The highest BCUT2D eigenvalue weighted by Gasteiger charge is 2.19. The summed E-state index contributed by atoms with van der Waals surface area (Å²) in [5.74, 6) is -0.0376. The summed E-state index contributed by atoms with van der Waals surface area (Å²) in [7, 11) is 0. The minimum Gasteiger partial charge on any atom is -0.459 e. The van der Waals surface area contributed by atoms with E-state index < -0.39 is 0 Å². The average Bonchev–Trinajstić information content (AvgIpc) is 3.02. The molecule has 7 heteroatoms. The molecule has 1 N–H and O–H groups in total. The molecule has 2 aromatic heterocycles. The standard InChI is InChI=1S/C18H22N4O2S/c1-14-5-2-6-15(19-14)13-21-8-4-9-22(11-10-21)18(25)20-17(23)16-7-3-12-24-16/h2-3,5-7,12H,4,8-11,13H2,1H3,(H,20,23,25). The van der Waals surface area contributed by atoms with E-state index in [0.29, 0.717) is 5.11 Å². The number of hydrogen-bond donors (Lipinski definition) is 1. The fourth-order valence-electron chi connectivity index (χ4n) is 2.89. The number of furan rings is 1. The summed E-state index contributed by atoms with van der Waals surface area (Å²) < 4.78 is 5.10. The molecule has 0 atom stereocenters. The van der Waals surface area contributed by atoms with Crippen molar-refractivity contribution < 1.29 is 9.21 Å². The van der Waals surface area contributed by atoms with Gasteiger partial charge in [-0.25, -0.2) is 0 Å². The number of nitrogens with one attached hydrogen (secondary N) is 1. The minimum atomic E-state index is -0.305. The molecule has 6 nitrogen and oxygen atoms in total. The first-order valence-electron chi connectivity index (χ1n) is 8.40. The molecule has 0 spiro atoms. The lowest BCUT2D eigenvalue weighted by atomic mass is 10.3. The second kappa shape index (κ2) is 8.22. The van der Waals surface area contributed by atoms with E-state index in [9.17, 15) is 4.79 Å². The van der Waals surface area contributed by atoms with Crippen molar-refractivity contribution in [2.24, 2.45) is 0 Å². The summed E-state index contributed by atoms with van der Waals surface area (Å²) in [5.41, 5.74) is 2.12. The van der Waals surface area contributed by atoms with E-state index in [1.807, 2.05) is 24.0 Å². The zero-order chi connectivity index (χ0) is 17.6. The molecule has 3 heterocycles. The number of rotatable bonds is 3. The van der Waals surface area contributed by atoms with Crippen LogP contribution in [-0.2, 0) is 6.54 Å². The van der Waals surface area contributed by atoms with Crippen molar-refractivity contribution in [3.8, 4) is 0 Å². The summed E-state index contributed by atoms with van der Waals surface area (Å²) in [6, 6.07) is 9.41. The fourth-order valence-corrected chi connectivity index (χ4v) is 3.17. The zero-order valence-corrected chi connectivity index (χ0v) is 15.1. The summed E-state index contributed by atoms with van der Waals surface area (Å²) in [6.07, 6.45) is 2.46. The van der Waals surface area contributed by atoms with E-state index in [1.54, 1.807) is 12.1 Å². The summed E-state index contributed by atoms with van der Waals surface area (Å²) in [4.78, 5) is 21.0. The van der Waals surface area contributed by atoms with Crippen molar-refractivity contribution in [3.63, 3.8) is 0 Å². The fraction of sp³-hybridized carbons (Fsp3) is 0.389. The van der Waals surface area contributed by atoms with E-state index in [4.69, 9.17) is 16.6 Å². The SMILES string of the molecule is Cc1cccc(CN2CCCN(C(=S)NC(=O)c3ccco3)CC2)n1. The van der Waals surface area contributed by atoms with Crippen LogP contribution in [0.3, 0.4) is 0 Å². The quantitative estimate of drug-likeness (QED) is 0.849. The van der Waals surface area contributed by atoms with Crippen molar-refractivity contribution in [2.45, 2.75) is 19.9 Å². The summed E-state index contributed by atoms with van der Waals surface area (Å²) in [5, 5.41) is 3.20. The van der Waals surface area contributed by atoms with E-state index in [2.05, 4.69) is 21.3 Å². The van der Waals surface area contributed by atoms with Gasteiger partial charge < -0.3 is 9.32 Å². The van der Waals surface area contributed by atoms with Crippen molar-refractivity contribution in [2.75, 3.05) is 26.2 Å². The molecule has 1 amide bonds. The molecule has 0 saturated carbocycles. The summed E-state index contributed by atoms with van der Waals surface area (Å²) >= 11 is 5.39. The minimum absolute atomic E-state index is 0.268. The first-order valence-corrected chi connectivity index (χ1v) is 8.81. The third-order valence-electron chi connectivity index (χ3n) is 4.17. The molecule has 0 aliphatic carbocycles. The van der Waals surface area contributed by atoms with E-state index in [1.165, 1.54) is 6.26 Å². The lowest BCUT2D eigenvalue weighted by Crippen LogP contribution is -2.44. The van der Waals surface area contributed by atoms with Gasteiger partial charge in [0.2, 0.25) is 0 Å². The molecule has 2 aromatic rings. The normalized spacial score (nSPS) is 15.6. The molecule has 0 bridgehead atoms. The molecule has 0 unspecified atom stereocenters. The highest BCUT2D eigenvalue weighted by atomic mass is 32.1. The van der Waals surface area contributed by atoms with Gasteiger partial charge >= 0.3 is 0 Å². The average molecular weight is 358 g/mol. The molecule has 1 fully saturated rings. The van der Waals surface area contributed by atoms with Crippen molar-refractivity contribution in [1.29, 1.82) is 0 Å². The molecule has 25 heavy (non-hydrogen) atoms. The Hall–Kier alpha value is -2.25. The molecular formula is C18H22N4O2S. The van der Waals surface area contributed by atoms with Gasteiger partial charge in [-0.1, -0.05) is 6.07 Å². The van der Waals surface area contributed by atoms with Gasteiger partial charge in [0.15, 0.2) is 10.9 Å². The van der Waals surface area contributed by atoms with Gasteiger partial charge in [0.25, 0.3) is 5.91 Å². The van der Waals surface area contributed by atoms with Crippen molar-refractivity contribution in [3.05, 3.63) is 53.7 Å². The topological polar surface area (TPSA) is 61.6 Å². The van der Waals surface area contributed by atoms with Crippen LogP contribution in [-0.4, -0.2) is 52.0 Å². The maximum Gasteiger partial charge on any atom is 0.293 e. The third kappa shape index (κ3) is 4.87. The Kier molecular flexibility index (Phi) is 5.78. The Balaban J connectivity index is 1.52. The molecule has 1 saturated heterocycles. The third-order valence-corrected chi connectivity index (χ3v) is 4.53. The van der Waals surface area contributed by atoms with Gasteiger partial charge in [-0.15, -0.1) is 0 Å². The Bertz CT molecular complexity index is 732. The van der Waals surface area contributed by atoms with Gasteiger partial charge in [-0.2, -0.15) is 0 Å². The molecule has 0 radical (unpaired) electrons. The molecule has 1 aliphatic heterocycles. The maximum atomic E-state index is 12.0. The Morgan fingerprint density at radius 2 is 2.12 bits per heavy atom. The number of carbonyl (C=O) groups excluding carboxylic acids is 1. The molecule has 0 aromatic carbocycles. The lowest BCUT2D eigenvalue weighted by molar-refractivity contribution is 0.0946. The second-order valence-corrected chi connectivity index (χ2v) is 6.51. The monoisotopic (exact) mass is 358 g/mol. The van der Waals surface area contributed by atoms with Crippen LogP contribution in [0.2, 0.25) is 0 Å². The Morgan fingerprint density at radius 1 is 1.24 bits per heavy atom.